The molecule has 4 rings (SSSR count). The molecule has 0 saturated carbocycles. The van der Waals surface area contributed by atoms with Gasteiger partial charge in [0.1, 0.15) is 0 Å². The second kappa shape index (κ2) is 8.48. The SMILES string of the molecule is CCCCC(C1=NC(C2C(=O)Nc3cc(Cl)ccc32)CS1)c1cccc(Cl)c1. The molecule has 0 aliphatic carbocycles. The molecule has 0 aromatic heterocycles. The van der Waals surface area contributed by atoms with Crippen molar-refractivity contribution >= 4 is 51.6 Å². The summed E-state index contributed by atoms with van der Waals surface area (Å²) in [5.41, 5.74) is 3.02. The van der Waals surface area contributed by atoms with Crippen molar-refractivity contribution in [2.24, 2.45) is 4.99 Å². The van der Waals surface area contributed by atoms with Crippen LogP contribution in [0, 0.1) is 0 Å². The lowest BCUT2D eigenvalue weighted by atomic mass is 9.92. The molecule has 0 bridgehead atoms. The number of anilines is 1. The monoisotopic (exact) mass is 432 g/mol. The van der Waals surface area contributed by atoms with E-state index in [0.717, 1.165) is 46.3 Å². The first-order chi connectivity index (χ1) is 13.6. The number of benzene rings is 2. The maximum Gasteiger partial charge on any atom is 0.234 e. The van der Waals surface area contributed by atoms with Crippen molar-refractivity contribution in [1.82, 2.24) is 0 Å². The van der Waals surface area contributed by atoms with Gasteiger partial charge in [0.05, 0.1) is 17.0 Å². The summed E-state index contributed by atoms with van der Waals surface area (Å²) in [6.45, 7) is 2.20. The zero-order valence-electron chi connectivity index (χ0n) is 15.6. The van der Waals surface area contributed by atoms with Gasteiger partial charge in [-0.1, -0.05) is 61.2 Å². The Hall–Kier alpha value is -1.49. The van der Waals surface area contributed by atoms with Gasteiger partial charge in [0, 0.05) is 27.4 Å². The third-order valence-electron chi connectivity index (χ3n) is 5.37. The number of aliphatic imine (C=N–C) groups is 1. The summed E-state index contributed by atoms with van der Waals surface area (Å²) in [5, 5.41) is 5.46. The van der Waals surface area contributed by atoms with Crippen molar-refractivity contribution in [2.75, 3.05) is 11.1 Å². The van der Waals surface area contributed by atoms with E-state index in [-0.39, 0.29) is 23.8 Å². The topological polar surface area (TPSA) is 41.5 Å². The first-order valence-corrected chi connectivity index (χ1v) is 11.4. The Balaban J connectivity index is 1.62. The molecule has 1 N–H and O–H groups in total. The average molecular weight is 433 g/mol. The van der Waals surface area contributed by atoms with Crippen molar-refractivity contribution in [3.8, 4) is 0 Å². The van der Waals surface area contributed by atoms with Gasteiger partial charge in [0.25, 0.3) is 0 Å². The van der Waals surface area contributed by atoms with E-state index in [9.17, 15) is 4.79 Å². The lowest BCUT2D eigenvalue weighted by Gasteiger charge is -2.17. The molecule has 0 saturated heterocycles. The predicted octanol–water partition coefficient (Wildman–Crippen LogP) is 6.52. The van der Waals surface area contributed by atoms with Crippen LogP contribution in [0.2, 0.25) is 10.0 Å². The Kier molecular flexibility index (Phi) is 6.00. The summed E-state index contributed by atoms with van der Waals surface area (Å²) in [7, 11) is 0. The molecular formula is C22H22Cl2N2OS. The Bertz CT molecular complexity index is 931. The average Bonchev–Trinajstić information content (AvgIpc) is 3.25. The minimum Gasteiger partial charge on any atom is -0.325 e. The maximum absolute atomic E-state index is 12.6. The van der Waals surface area contributed by atoms with E-state index in [1.54, 1.807) is 11.8 Å². The predicted molar refractivity (Wildman–Crippen MR) is 120 cm³/mol. The van der Waals surface area contributed by atoms with Crippen molar-refractivity contribution in [2.45, 2.75) is 44.1 Å². The van der Waals surface area contributed by atoms with Crippen molar-refractivity contribution in [3.63, 3.8) is 0 Å². The van der Waals surface area contributed by atoms with E-state index in [2.05, 4.69) is 18.3 Å². The Morgan fingerprint density at radius 2 is 2.04 bits per heavy atom. The van der Waals surface area contributed by atoms with Crippen LogP contribution in [-0.2, 0) is 4.79 Å². The largest absolute Gasteiger partial charge is 0.325 e. The highest BCUT2D eigenvalue weighted by Crippen LogP contribution is 2.42. The summed E-state index contributed by atoms with van der Waals surface area (Å²) in [4.78, 5) is 17.7. The van der Waals surface area contributed by atoms with Crippen LogP contribution >= 0.6 is 35.0 Å². The number of carbonyl (C=O) groups is 1. The highest BCUT2D eigenvalue weighted by Gasteiger charge is 2.40. The second-order valence-electron chi connectivity index (χ2n) is 7.29. The van der Waals surface area contributed by atoms with Crippen LogP contribution in [-0.4, -0.2) is 22.7 Å². The van der Waals surface area contributed by atoms with E-state index in [1.807, 2.05) is 36.4 Å². The van der Waals surface area contributed by atoms with Gasteiger partial charge in [-0.2, -0.15) is 0 Å². The molecule has 6 heteroatoms. The molecule has 1 amide bonds. The van der Waals surface area contributed by atoms with E-state index < -0.39 is 0 Å². The molecule has 2 aliphatic heterocycles. The Labute approximate surface area is 179 Å². The summed E-state index contributed by atoms with van der Waals surface area (Å²) in [6, 6.07) is 13.6. The molecule has 0 spiro atoms. The smallest absolute Gasteiger partial charge is 0.234 e. The molecule has 28 heavy (non-hydrogen) atoms. The number of halogens is 2. The van der Waals surface area contributed by atoms with Crippen LogP contribution in [0.15, 0.2) is 47.5 Å². The Morgan fingerprint density at radius 3 is 2.82 bits per heavy atom. The molecule has 0 fully saturated rings. The van der Waals surface area contributed by atoms with Crippen LogP contribution in [0.1, 0.15) is 49.1 Å². The molecule has 0 radical (unpaired) electrons. The lowest BCUT2D eigenvalue weighted by molar-refractivity contribution is -0.117. The summed E-state index contributed by atoms with van der Waals surface area (Å²) in [5.74, 6) is 0.825. The standard InChI is InChI=1S/C22H22Cl2N2OS/c1-2-3-7-16(13-5-4-6-14(23)10-13)22-26-19(12-28-22)20-17-9-8-15(24)11-18(17)25-21(20)27/h4-6,8-11,16,19-20H,2-3,7,12H2,1H3,(H,25,27). The number of amides is 1. The molecule has 146 valence electrons. The van der Waals surface area contributed by atoms with Gasteiger partial charge in [-0.25, -0.2) is 0 Å². The third-order valence-corrected chi connectivity index (χ3v) is 7.03. The van der Waals surface area contributed by atoms with Gasteiger partial charge in [0.15, 0.2) is 0 Å². The number of hydrogen-bond donors (Lipinski definition) is 1. The van der Waals surface area contributed by atoms with Crippen LogP contribution in [0.25, 0.3) is 0 Å². The minimum atomic E-state index is -0.247. The maximum atomic E-state index is 12.6. The molecule has 2 heterocycles. The zero-order valence-corrected chi connectivity index (χ0v) is 17.9. The number of hydrogen-bond acceptors (Lipinski definition) is 3. The molecule has 2 aromatic carbocycles. The number of unbranched alkanes of at least 4 members (excludes halogenated alkanes) is 1. The number of carbonyl (C=O) groups excluding carboxylic acids is 1. The number of thioether (sulfide) groups is 1. The fraction of sp³-hybridized carbons (Fsp3) is 0.364. The molecular weight excluding hydrogens is 411 g/mol. The van der Waals surface area contributed by atoms with Crippen LogP contribution in [0.4, 0.5) is 5.69 Å². The van der Waals surface area contributed by atoms with E-state index in [0.29, 0.717) is 5.02 Å². The van der Waals surface area contributed by atoms with E-state index in [4.69, 9.17) is 28.2 Å². The molecule has 3 unspecified atom stereocenters. The number of fused-ring (bicyclic) bond motifs is 1. The van der Waals surface area contributed by atoms with Crippen LogP contribution in [0.3, 0.4) is 0 Å². The number of nitrogens with one attached hydrogen (secondary N) is 1. The quantitative estimate of drug-likeness (QED) is 0.564. The van der Waals surface area contributed by atoms with Gasteiger partial charge in [-0.15, -0.1) is 11.8 Å². The fourth-order valence-electron chi connectivity index (χ4n) is 3.98. The van der Waals surface area contributed by atoms with Gasteiger partial charge >= 0.3 is 0 Å². The summed E-state index contributed by atoms with van der Waals surface area (Å²) in [6.07, 6.45) is 3.31. The Morgan fingerprint density at radius 1 is 1.21 bits per heavy atom. The van der Waals surface area contributed by atoms with E-state index in [1.165, 1.54) is 5.56 Å². The third kappa shape index (κ3) is 3.96. The zero-order chi connectivity index (χ0) is 19.7. The first-order valence-electron chi connectivity index (χ1n) is 9.63. The van der Waals surface area contributed by atoms with Gasteiger partial charge in [0.2, 0.25) is 5.91 Å². The number of rotatable bonds is 6. The van der Waals surface area contributed by atoms with Crippen LogP contribution < -0.4 is 5.32 Å². The van der Waals surface area contributed by atoms with Crippen molar-refractivity contribution in [3.05, 3.63) is 63.6 Å². The fourth-order valence-corrected chi connectivity index (χ4v) is 5.62. The number of nitrogens with zero attached hydrogens (tertiary/aromatic N) is 1. The molecule has 3 atom stereocenters. The second-order valence-corrected chi connectivity index (χ2v) is 9.21. The summed E-state index contributed by atoms with van der Waals surface area (Å²) < 4.78 is 0. The normalized spacial score (nSPS) is 22.0. The van der Waals surface area contributed by atoms with E-state index >= 15 is 0 Å². The molecule has 3 nitrogen and oxygen atoms in total. The van der Waals surface area contributed by atoms with Gasteiger partial charge in [-0.3, -0.25) is 9.79 Å². The first kappa shape index (κ1) is 19.8. The van der Waals surface area contributed by atoms with Crippen LogP contribution in [0.5, 0.6) is 0 Å². The lowest BCUT2D eigenvalue weighted by Crippen LogP contribution is -2.24. The highest BCUT2D eigenvalue weighted by atomic mass is 35.5. The van der Waals surface area contributed by atoms with Crippen molar-refractivity contribution < 1.29 is 4.79 Å². The van der Waals surface area contributed by atoms with Gasteiger partial charge < -0.3 is 5.32 Å². The molecule has 2 aromatic rings. The molecule has 2 aliphatic rings. The van der Waals surface area contributed by atoms with Crippen molar-refractivity contribution in [1.29, 1.82) is 0 Å². The highest BCUT2D eigenvalue weighted by molar-refractivity contribution is 8.14. The summed E-state index contributed by atoms with van der Waals surface area (Å²) >= 11 is 14.1. The minimum absolute atomic E-state index is 0.0146. The van der Waals surface area contributed by atoms with Gasteiger partial charge in [-0.05, 0) is 41.8 Å².